The van der Waals surface area contributed by atoms with Gasteiger partial charge in [0.05, 0.1) is 17.9 Å². The summed E-state index contributed by atoms with van der Waals surface area (Å²) in [6, 6.07) is 10.7. The summed E-state index contributed by atoms with van der Waals surface area (Å²) in [5.41, 5.74) is 1.96. The average molecular weight is 506 g/mol. The minimum absolute atomic E-state index is 0.162. The van der Waals surface area contributed by atoms with Gasteiger partial charge in [-0.1, -0.05) is 13.8 Å². The molecule has 1 saturated carbocycles. The van der Waals surface area contributed by atoms with Crippen LogP contribution in [0.4, 0.5) is 9.18 Å². The number of ether oxygens (including phenoxy) is 2. The summed E-state index contributed by atoms with van der Waals surface area (Å²) in [4.78, 5) is 43.4. The summed E-state index contributed by atoms with van der Waals surface area (Å²) in [6.45, 7) is 6.10. The van der Waals surface area contributed by atoms with E-state index in [4.69, 9.17) is 9.47 Å². The first-order valence-electron chi connectivity index (χ1n) is 12.3. The smallest absolute Gasteiger partial charge is 0.412 e. The molecule has 1 aliphatic carbocycles. The van der Waals surface area contributed by atoms with Crippen molar-refractivity contribution < 1.29 is 28.2 Å². The lowest BCUT2D eigenvalue weighted by atomic mass is 9.81. The predicted molar refractivity (Wildman–Crippen MR) is 136 cm³/mol. The molecular weight excluding hydrogens is 477 g/mol. The Labute approximate surface area is 213 Å². The van der Waals surface area contributed by atoms with Crippen molar-refractivity contribution >= 4 is 34.4 Å². The van der Waals surface area contributed by atoms with Crippen molar-refractivity contribution in [3.05, 3.63) is 71.3 Å². The number of nitrogens with zero attached hydrogens (tertiary/aromatic N) is 1. The summed E-state index contributed by atoms with van der Waals surface area (Å²) in [5, 5.41) is 3.62. The standard InChI is InChI=1S/C28H28FN3O5/c1-4-36-26(34)21-14-32(25(33)16-5-7-17(29)8-6-16)15-28(2,3)23-20-12-11-19(13-22(20)31-24(21)23)37-27(35)30-18-9-10-18/h5-8,11-14,18,31H,4,9-10,15H2,1-3H3,(H,30,35). The van der Waals surface area contributed by atoms with Gasteiger partial charge in [-0.15, -0.1) is 0 Å². The molecule has 8 nitrogen and oxygen atoms in total. The number of rotatable bonds is 5. The molecule has 2 aromatic carbocycles. The van der Waals surface area contributed by atoms with Crippen molar-refractivity contribution in [3.63, 3.8) is 0 Å². The van der Waals surface area contributed by atoms with E-state index >= 15 is 0 Å². The van der Waals surface area contributed by atoms with Crippen LogP contribution in [0.25, 0.3) is 16.5 Å². The van der Waals surface area contributed by atoms with Crippen LogP contribution in [-0.4, -0.2) is 47.0 Å². The Morgan fingerprint density at radius 2 is 1.86 bits per heavy atom. The first kappa shape index (κ1) is 24.5. The third-order valence-electron chi connectivity index (χ3n) is 6.52. The lowest BCUT2D eigenvalue weighted by Gasteiger charge is -2.29. The Balaban J connectivity index is 1.57. The highest BCUT2D eigenvalue weighted by atomic mass is 19.1. The Morgan fingerprint density at radius 1 is 1.14 bits per heavy atom. The molecule has 2 N–H and O–H groups in total. The fraction of sp³-hybridized carbons (Fsp3) is 0.321. The molecular formula is C28H28FN3O5. The zero-order valence-corrected chi connectivity index (χ0v) is 20.9. The molecule has 0 radical (unpaired) electrons. The maximum atomic E-state index is 13.4. The zero-order valence-electron chi connectivity index (χ0n) is 20.9. The number of nitrogens with one attached hydrogen (secondary N) is 2. The minimum Gasteiger partial charge on any atom is -0.462 e. The van der Waals surface area contributed by atoms with Gasteiger partial charge in [-0.05, 0) is 61.7 Å². The van der Waals surface area contributed by atoms with Crippen LogP contribution in [0.2, 0.25) is 0 Å². The maximum absolute atomic E-state index is 13.4. The van der Waals surface area contributed by atoms with Crippen LogP contribution in [0.15, 0.2) is 48.7 Å². The normalized spacial score (nSPS) is 16.4. The maximum Gasteiger partial charge on any atom is 0.412 e. The second-order valence-electron chi connectivity index (χ2n) is 9.98. The van der Waals surface area contributed by atoms with Gasteiger partial charge in [0.2, 0.25) is 0 Å². The Hall–Kier alpha value is -4.14. The Kier molecular flexibility index (Phi) is 6.23. The summed E-state index contributed by atoms with van der Waals surface area (Å²) < 4.78 is 24.2. The second-order valence-corrected chi connectivity index (χ2v) is 9.98. The van der Waals surface area contributed by atoms with Crippen LogP contribution in [-0.2, 0) is 14.9 Å². The summed E-state index contributed by atoms with van der Waals surface area (Å²) in [5.74, 6) is -1.01. The number of aromatic amines is 1. The van der Waals surface area contributed by atoms with E-state index in [1.165, 1.54) is 35.4 Å². The minimum atomic E-state index is -0.597. The van der Waals surface area contributed by atoms with E-state index in [0.717, 1.165) is 23.8 Å². The van der Waals surface area contributed by atoms with Gasteiger partial charge in [-0.2, -0.15) is 0 Å². The molecule has 9 heteroatoms. The van der Waals surface area contributed by atoms with Gasteiger partial charge in [0.1, 0.15) is 11.6 Å². The Morgan fingerprint density at radius 3 is 2.54 bits per heavy atom. The number of hydrogen-bond donors (Lipinski definition) is 2. The first-order valence-corrected chi connectivity index (χ1v) is 12.3. The number of esters is 1. The molecule has 5 rings (SSSR count). The number of H-pyrrole nitrogens is 1. The third kappa shape index (κ3) is 4.94. The number of aromatic nitrogens is 1. The topological polar surface area (TPSA) is 101 Å². The molecule has 0 atom stereocenters. The van der Waals surface area contributed by atoms with Crippen molar-refractivity contribution in [2.45, 2.75) is 45.1 Å². The lowest BCUT2D eigenvalue weighted by Crippen LogP contribution is -2.37. The van der Waals surface area contributed by atoms with Crippen LogP contribution in [0.1, 0.15) is 55.2 Å². The van der Waals surface area contributed by atoms with Crippen molar-refractivity contribution in [2.24, 2.45) is 0 Å². The van der Waals surface area contributed by atoms with E-state index < -0.39 is 23.3 Å². The number of amides is 2. The molecule has 192 valence electrons. The van der Waals surface area contributed by atoms with E-state index in [-0.39, 0.29) is 30.7 Å². The molecule has 0 saturated heterocycles. The molecule has 1 aliphatic heterocycles. The molecule has 1 aromatic heterocycles. The van der Waals surface area contributed by atoms with E-state index in [0.29, 0.717) is 22.5 Å². The van der Waals surface area contributed by atoms with Crippen LogP contribution < -0.4 is 10.1 Å². The molecule has 2 amide bonds. The van der Waals surface area contributed by atoms with Gasteiger partial charge in [-0.3, -0.25) is 4.79 Å². The zero-order chi connectivity index (χ0) is 26.3. The molecule has 0 bridgehead atoms. The fourth-order valence-corrected chi connectivity index (χ4v) is 4.70. The monoisotopic (exact) mass is 505 g/mol. The largest absolute Gasteiger partial charge is 0.462 e. The molecule has 2 heterocycles. The number of hydrogen-bond acceptors (Lipinski definition) is 5. The van der Waals surface area contributed by atoms with Crippen LogP contribution in [0.5, 0.6) is 5.75 Å². The number of fused-ring (bicyclic) bond motifs is 3. The molecule has 3 aromatic rings. The summed E-state index contributed by atoms with van der Waals surface area (Å²) in [7, 11) is 0. The van der Waals surface area contributed by atoms with Crippen LogP contribution in [0, 0.1) is 5.82 Å². The average Bonchev–Trinajstić information content (AvgIpc) is 3.59. The fourth-order valence-electron chi connectivity index (χ4n) is 4.70. The number of carbonyl (C=O) groups is 3. The molecule has 2 aliphatic rings. The SMILES string of the molecule is CCOC(=O)C1=CN(C(=O)c2ccc(F)cc2)CC(C)(C)c2c1[nH]c1cc(OC(=O)NC3CC3)ccc21. The predicted octanol–water partition coefficient (Wildman–Crippen LogP) is 4.90. The first-order chi connectivity index (χ1) is 17.7. The van der Waals surface area contributed by atoms with Crippen molar-refractivity contribution in [2.75, 3.05) is 13.2 Å². The molecule has 1 fully saturated rings. The quantitative estimate of drug-likeness (QED) is 0.481. The van der Waals surface area contributed by atoms with Crippen molar-refractivity contribution in [1.82, 2.24) is 15.2 Å². The highest BCUT2D eigenvalue weighted by Crippen LogP contribution is 2.41. The molecule has 37 heavy (non-hydrogen) atoms. The van der Waals surface area contributed by atoms with Gasteiger partial charge in [0.25, 0.3) is 5.91 Å². The van der Waals surface area contributed by atoms with Crippen LogP contribution in [0.3, 0.4) is 0 Å². The van der Waals surface area contributed by atoms with Gasteiger partial charge < -0.3 is 24.7 Å². The highest BCUT2D eigenvalue weighted by Gasteiger charge is 2.37. The number of carbonyl (C=O) groups excluding carboxylic acids is 3. The van der Waals surface area contributed by atoms with E-state index in [1.807, 2.05) is 19.9 Å². The second kappa shape index (κ2) is 9.38. The van der Waals surface area contributed by atoms with Gasteiger partial charge in [-0.25, -0.2) is 14.0 Å². The highest BCUT2D eigenvalue weighted by molar-refractivity contribution is 6.18. The van der Waals surface area contributed by atoms with Gasteiger partial charge in [0.15, 0.2) is 0 Å². The van der Waals surface area contributed by atoms with Crippen molar-refractivity contribution in [1.29, 1.82) is 0 Å². The number of halogens is 1. The Bertz CT molecular complexity index is 1420. The summed E-state index contributed by atoms with van der Waals surface area (Å²) in [6.07, 6.45) is 2.90. The van der Waals surface area contributed by atoms with E-state index in [2.05, 4.69) is 10.3 Å². The van der Waals surface area contributed by atoms with E-state index in [9.17, 15) is 18.8 Å². The molecule has 0 unspecified atom stereocenters. The number of benzene rings is 2. The van der Waals surface area contributed by atoms with Crippen LogP contribution >= 0.6 is 0 Å². The summed E-state index contributed by atoms with van der Waals surface area (Å²) >= 11 is 0. The van der Waals surface area contributed by atoms with Gasteiger partial charge in [0, 0.05) is 46.7 Å². The van der Waals surface area contributed by atoms with Gasteiger partial charge >= 0.3 is 12.1 Å². The molecule has 0 spiro atoms. The van der Waals surface area contributed by atoms with E-state index in [1.54, 1.807) is 19.1 Å². The lowest BCUT2D eigenvalue weighted by molar-refractivity contribution is -0.136. The van der Waals surface area contributed by atoms with Crippen molar-refractivity contribution in [3.8, 4) is 5.75 Å². The third-order valence-corrected chi connectivity index (χ3v) is 6.52.